The molecule has 0 aromatic heterocycles. The second kappa shape index (κ2) is 8.39. The number of rotatable bonds is 6. The first-order valence-electron chi connectivity index (χ1n) is 9.19. The minimum atomic E-state index is -0.339. The molecule has 1 saturated heterocycles. The number of nitrogens with zero attached hydrogens (tertiary/aromatic N) is 1. The summed E-state index contributed by atoms with van der Waals surface area (Å²) in [6, 6.07) is 16.6. The van der Waals surface area contributed by atoms with E-state index in [9.17, 15) is 9.18 Å². The third kappa shape index (κ3) is 4.76. The Morgan fingerprint density at radius 1 is 1.12 bits per heavy atom. The zero-order valence-electron chi connectivity index (χ0n) is 14.8. The van der Waals surface area contributed by atoms with Crippen LogP contribution in [-0.4, -0.2) is 30.3 Å². The highest BCUT2D eigenvalue weighted by Gasteiger charge is 2.28. The van der Waals surface area contributed by atoms with E-state index in [0.29, 0.717) is 11.5 Å². The second-order valence-electron chi connectivity index (χ2n) is 7.08. The van der Waals surface area contributed by atoms with Crippen LogP contribution in [0.1, 0.15) is 35.7 Å². The number of halogens is 1. The molecule has 2 aromatic rings. The Morgan fingerprint density at radius 3 is 2.52 bits per heavy atom. The molecule has 3 rings (SSSR count). The molecule has 0 bridgehead atoms. The summed E-state index contributed by atoms with van der Waals surface area (Å²) >= 11 is 0. The Hall–Kier alpha value is -2.00. The minimum absolute atomic E-state index is 0.0435. The molecule has 2 aromatic carbocycles. The van der Waals surface area contributed by atoms with Crippen LogP contribution in [0.15, 0.2) is 54.6 Å². The number of carbonyl (C=O) groups is 1. The molecule has 1 aliphatic heterocycles. The van der Waals surface area contributed by atoms with Gasteiger partial charge in [0.2, 0.25) is 0 Å². The van der Waals surface area contributed by atoms with E-state index in [0.717, 1.165) is 38.9 Å². The highest BCUT2D eigenvalue weighted by molar-refractivity contribution is 5.97. The highest BCUT2D eigenvalue weighted by atomic mass is 19.1. The number of Topliss-reactive ketones (excluding diaryl/α,β-unsaturated/α-hetero) is 1. The number of piperidine rings is 1. The molecule has 132 valence electrons. The lowest BCUT2D eigenvalue weighted by Crippen LogP contribution is -2.38. The fraction of sp³-hybridized carbons (Fsp3) is 0.409. The summed E-state index contributed by atoms with van der Waals surface area (Å²) < 4.78 is 13.4. The van der Waals surface area contributed by atoms with Gasteiger partial charge >= 0.3 is 0 Å². The molecule has 0 N–H and O–H groups in total. The number of hydrogen-bond acceptors (Lipinski definition) is 2. The molecule has 0 spiro atoms. The van der Waals surface area contributed by atoms with Crippen molar-refractivity contribution in [2.24, 2.45) is 11.8 Å². The normalized spacial score (nSPS) is 17.4. The Morgan fingerprint density at radius 2 is 1.84 bits per heavy atom. The van der Waals surface area contributed by atoms with Crippen molar-refractivity contribution in [3.8, 4) is 0 Å². The van der Waals surface area contributed by atoms with Crippen LogP contribution >= 0.6 is 0 Å². The Bertz CT molecular complexity index is 692. The molecular formula is C22H26FNO. The minimum Gasteiger partial charge on any atom is -0.303 e. The fourth-order valence-corrected chi connectivity index (χ4v) is 3.73. The number of likely N-dealkylation sites (tertiary alicyclic amines) is 1. The van der Waals surface area contributed by atoms with Crippen LogP contribution in [0, 0.1) is 17.7 Å². The van der Waals surface area contributed by atoms with Crippen molar-refractivity contribution in [3.63, 3.8) is 0 Å². The number of hydrogen-bond donors (Lipinski definition) is 0. The van der Waals surface area contributed by atoms with E-state index in [1.807, 2.05) is 13.0 Å². The van der Waals surface area contributed by atoms with Gasteiger partial charge in [-0.05, 0) is 56.0 Å². The molecule has 2 nitrogen and oxygen atoms in total. The van der Waals surface area contributed by atoms with Gasteiger partial charge in [-0.25, -0.2) is 4.39 Å². The lowest BCUT2D eigenvalue weighted by Gasteiger charge is -2.34. The third-order valence-corrected chi connectivity index (χ3v) is 5.42. The standard InChI is InChI=1S/C22H26FNO/c1-17(22(25)20-8-5-9-21(23)16-20)19-11-14-24(15-12-19)13-10-18-6-3-2-4-7-18/h2-9,16-17,19H,10-15H2,1H3. The molecule has 1 unspecified atom stereocenters. The quantitative estimate of drug-likeness (QED) is 0.717. The molecular weight excluding hydrogens is 313 g/mol. The molecule has 25 heavy (non-hydrogen) atoms. The van der Waals surface area contributed by atoms with Crippen molar-refractivity contribution >= 4 is 5.78 Å². The highest BCUT2D eigenvalue weighted by Crippen LogP contribution is 2.27. The van der Waals surface area contributed by atoms with Crippen molar-refractivity contribution in [1.29, 1.82) is 0 Å². The number of carbonyl (C=O) groups excluding carboxylic acids is 1. The molecule has 1 fully saturated rings. The molecule has 0 radical (unpaired) electrons. The predicted molar refractivity (Wildman–Crippen MR) is 99.2 cm³/mol. The SMILES string of the molecule is CC(C(=O)c1cccc(F)c1)C1CCN(CCc2ccccc2)CC1. The van der Waals surface area contributed by atoms with E-state index in [-0.39, 0.29) is 17.5 Å². The van der Waals surface area contributed by atoms with Gasteiger partial charge in [0.1, 0.15) is 5.82 Å². The van der Waals surface area contributed by atoms with E-state index in [1.165, 1.54) is 17.7 Å². The predicted octanol–water partition coefficient (Wildman–Crippen LogP) is 4.60. The average Bonchev–Trinajstić information content (AvgIpc) is 2.66. The molecule has 0 amide bonds. The van der Waals surface area contributed by atoms with Gasteiger partial charge in [0.05, 0.1) is 0 Å². The zero-order chi connectivity index (χ0) is 17.6. The molecule has 0 saturated carbocycles. The van der Waals surface area contributed by atoms with E-state index >= 15 is 0 Å². The summed E-state index contributed by atoms with van der Waals surface area (Å²) in [6.07, 6.45) is 3.15. The first-order valence-corrected chi connectivity index (χ1v) is 9.19. The van der Waals surface area contributed by atoms with Crippen molar-refractivity contribution in [1.82, 2.24) is 4.90 Å². The Labute approximate surface area is 149 Å². The smallest absolute Gasteiger partial charge is 0.166 e. The van der Waals surface area contributed by atoms with Crippen molar-refractivity contribution in [2.75, 3.05) is 19.6 Å². The van der Waals surface area contributed by atoms with Crippen LogP contribution in [0.2, 0.25) is 0 Å². The van der Waals surface area contributed by atoms with Gasteiger partial charge in [-0.1, -0.05) is 49.4 Å². The topological polar surface area (TPSA) is 20.3 Å². The summed E-state index contributed by atoms with van der Waals surface area (Å²) in [6.45, 7) is 5.15. The summed E-state index contributed by atoms with van der Waals surface area (Å²) in [5, 5.41) is 0. The maximum atomic E-state index is 13.4. The van der Waals surface area contributed by atoms with Crippen molar-refractivity contribution in [2.45, 2.75) is 26.2 Å². The van der Waals surface area contributed by atoms with Crippen molar-refractivity contribution < 1.29 is 9.18 Å². The maximum Gasteiger partial charge on any atom is 0.166 e. The van der Waals surface area contributed by atoms with Crippen LogP contribution < -0.4 is 0 Å². The summed E-state index contributed by atoms with van der Waals surface area (Å²) in [5.41, 5.74) is 1.87. The summed E-state index contributed by atoms with van der Waals surface area (Å²) in [7, 11) is 0. The van der Waals surface area contributed by atoms with Crippen LogP contribution in [0.5, 0.6) is 0 Å². The Kier molecular flexibility index (Phi) is 5.98. The fourth-order valence-electron chi connectivity index (χ4n) is 3.73. The van der Waals surface area contributed by atoms with Crippen LogP contribution in [0.4, 0.5) is 4.39 Å². The van der Waals surface area contributed by atoms with Crippen LogP contribution in [0.3, 0.4) is 0 Å². The zero-order valence-corrected chi connectivity index (χ0v) is 14.8. The van der Waals surface area contributed by atoms with Gasteiger partial charge in [-0.3, -0.25) is 4.79 Å². The van der Waals surface area contributed by atoms with Crippen LogP contribution in [0.25, 0.3) is 0 Å². The molecule has 3 heteroatoms. The monoisotopic (exact) mass is 339 g/mol. The van der Waals surface area contributed by atoms with Gasteiger partial charge in [0, 0.05) is 18.0 Å². The summed E-state index contributed by atoms with van der Waals surface area (Å²) in [4.78, 5) is 15.1. The first kappa shape index (κ1) is 17.8. The average molecular weight is 339 g/mol. The van der Waals surface area contributed by atoms with Crippen molar-refractivity contribution in [3.05, 3.63) is 71.5 Å². The van der Waals surface area contributed by atoms with Gasteiger partial charge < -0.3 is 4.90 Å². The van der Waals surface area contributed by atoms with Gasteiger partial charge in [-0.15, -0.1) is 0 Å². The van der Waals surface area contributed by atoms with E-state index in [2.05, 4.69) is 29.2 Å². The maximum absolute atomic E-state index is 13.4. The molecule has 1 atom stereocenters. The largest absolute Gasteiger partial charge is 0.303 e. The number of ketones is 1. The van der Waals surface area contributed by atoms with Gasteiger partial charge in [0.15, 0.2) is 5.78 Å². The first-order chi connectivity index (χ1) is 12.1. The van der Waals surface area contributed by atoms with E-state index in [4.69, 9.17) is 0 Å². The van der Waals surface area contributed by atoms with Gasteiger partial charge in [-0.2, -0.15) is 0 Å². The lowest BCUT2D eigenvalue weighted by atomic mass is 9.81. The molecule has 0 aliphatic carbocycles. The number of benzene rings is 2. The Balaban J connectivity index is 1.49. The third-order valence-electron chi connectivity index (χ3n) is 5.42. The lowest BCUT2D eigenvalue weighted by molar-refractivity contribution is 0.0821. The second-order valence-corrected chi connectivity index (χ2v) is 7.08. The van der Waals surface area contributed by atoms with E-state index in [1.54, 1.807) is 12.1 Å². The van der Waals surface area contributed by atoms with Crippen LogP contribution in [-0.2, 0) is 6.42 Å². The van der Waals surface area contributed by atoms with E-state index < -0.39 is 0 Å². The molecule has 1 aliphatic rings. The summed E-state index contributed by atoms with van der Waals surface area (Å²) in [5.74, 6) is 0.0813. The van der Waals surface area contributed by atoms with Gasteiger partial charge in [0.25, 0.3) is 0 Å². The molecule has 1 heterocycles.